The van der Waals surface area contributed by atoms with Crippen LogP contribution in [0, 0.1) is 15.0 Å². The standard InChI is InChI=1S/C15H14N4O3S2/c1-17(8-11-5-6-24-9-11)10-18-15(23)22-14(16-18)12-3-2-4-13(7-12)19(20)21/h2-7,9H,8,10H2,1H3/p+1. The van der Waals surface area contributed by atoms with Gasteiger partial charge in [0.05, 0.1) is 12.0 Å². The molecule has 24 heavy (non-hydrogen) atoms. The minimum Gasteiger partial charge on any atom is -0.409 e. The Hall–Kier alpha value is -2.36. The van der Waals surface area contributed by atoms with Crippen LogP contribution in [0.25, 0.3) is 11.5 Å². The number of rotatable bonds is 6. The van der Waals surface area contributed by atoms with Gasteiger partial charge in [-0.05, 0) is 35.1 Å². The molecule has 0 radical (unpaired) electrons. The van der Waals surface area contributed by atoms with Crippen molar-refractivity contribution >= 4 is 29.2 Å². The second-order valence-corrected chi connectivity index (χ2v) is 6.53. The highest BCUT2D eigenvalue weighted by Crippen LogP contribution is 2.22. The molecule has 1 atom stereocenters. The van der Waals surface area contributed by atoms with Gasteiger partial charge in [0.1, 0.15) is 6.54 Å². The number of nitrogens with one attached hydrogen (secondary N) is 1. The summed E-state index contributed by atoms with van der Waals surface area (Å²) < 4.78 is 7.11. The van der Waals surface area contributed by atoms with E-state index in [4.69, 9.17) is 16.6 Å². The number of nitrogens with zero attached hydrogens (tertiary/aromatic N) is 3. The molecular formula is C15H15N4O3S2+. The van der Waals surface area contributed by atoms with Gasteiger partial charge in [0, 0.05) is 23.3 Å². The molecule has 1 unspecified atom stereocenters. The van der Waals surface area contributed by atoms with Gasteiger partial charge < -0.3 is 9.32 Å². The van der Waals surface area contributed by atoms with Crippen LogP contribution in [0.15, 0.2) is 45.5 Å². The monoisotopic (exact) mass is 363 g/mol. The average Bonchev–Trinajstić information content (AvgIpc) is 3.18. The lowest BCUT2D eigenvalue weighted by Gasteiger charge is -2.11. The summed E-state index contributed by atoms with van der Waals surface area (Å²) in [5.41, 5.74) is 1.78. The number of quaternary nitrogens is 1. The highest BCUT2D eigenvalue weighted by Gasteiger charge is 2.14. The van der Waals surface area contributed by atoms with Crippen molar-refractivity contribution in [3.05, 3.63) is 61.6 Å². The van der Waals surface area contributed by atoms with Crippen LogP contribution in [-0.2, 0) is 13.2 Å². The van der Waals surface area contributed by atoms with E-state index in [0.717, 1.165) is 6.54 Å². The van der Waals surface area contributed by atoms with Crippen LogP contribution >= 0.6 is 23.6 Å². The zero-order chi connectivity index (χ0) is 17.1. The molecule has 0 bridgehead atoms. The normalized spacial score (nSPS) is 12.2. The van der Waals surface area contributed by atoms with Crippen molar-refractivity contribution in [1.82, 2.24) is 9.78 Å². The second-order valence-electron chi connectivity index (χ2n) is 5.40. The first-order chi connectivity index (χ1) is 11.5. The van der Waals surface area contributed by atoms with E-state index < -0.39 is 4.92 Å². The van der Waals surface area contributed by atoms with E-state index in [9.17, 15) is 10.1 Å². The van der Waals surface area contributed by atoms with E-state index in [2.05, 4.69) is 16.5 Å². The number of non-ortho nitro benzene ring substituents is 1. The Bertz CT molecular complexity index is 902. The zero-order valence-corrected chi connectivity index (χ0v) is 14.5. The van der Waals surface area contributed by atoms with Gasteiger partial charge in [-0.1, -0.05) is 6.07 Å². The number of nitro benzene ring substituents is 1. The van der Waals surface area contributed by atoms with Gasteiger partial charge in [0.2, 0.25) is 5.89 Å². The summed E-state index contributed by atoms with van der Waals surface area (Å²) in [6.07, 6.45) is 0. The molecule has 0 spiro atoms. The summed E-state index contributed by atoms with van der Waals surface area (Å²) in [6.45, 7) is 1.40. The molecule has 124 valence electrons. The fraction of sp³-hybridized carbons (Fsp3) is 0.200. The van der Waals surface area contributed by atoms with Crippen LogP contribution in [0.2, 0.25) is 0 Å². The van der Waals surface area contributed by atoms with E-state index in [-0.39, 0.29) is 16.4 Å². The Morgan fingerprint density at radius 3 is 3.00 bits per heavy atom. The molecule has 0 fully saturated rings. The number of benzene rings is 1. The summed E-state index contributed by atoms with van der Waals surface area (Å²) in [5, 5.41) is 19.4. The molecule has 1 N–H and O–H groups in total. The highest BCUT2D eigenvalue weighted by atomic mass is 32.1. The predicted octanol–water partition coefficient (Wildman–Crippen LogP) is 2.51. The van der Waals surface area contributed by atoms with Crippen LogP contribution in [0.1, 0.15) is 5.56 Å². The topological polar surface area (TPSA) is 78.5 Å². The maximum Gasteiger partial charge on any atom is 0.292 e. The van der Waals surface area contributed by atoms with Crippen molar-refractivity contribution in [2.24, 2.45) is 0 Å². The van der Waals surface area contributed by atoms with Crippen molar-refractivity contribution in [3.8, 4) is 11.5 Å². The lowest BCUT2D eigenvalue weighted by atomic mass is 10.2. The van der Waals surface area contributed by atoms with Crippen LogP contribution in [0.5, 0.6) is 0 Å². The van der Waals surface area contributed by atoms with Crippen molar-refractivity contribution in [1.29, 1.82) is 0 Å². The molecule has 2 aromatic heterocycles. The lowest BCUT2D eigenvalue weighted by molar-refractivity contribution is -0.917. The summed E-state index contributed by atoms with van der Waals surface area (Å²) >= 11 is 6.88. The smallest absolute Gasteiger partial charge is 0.292 e. The van der Waals surface area contributed by atoms with Crippen LogP contribution < -0.4 is 4.90 Å². The highest BCUT2D eigenvalue weighted by molar-refractivity contribution is 7.71. The fourth-order valence-electron chi connectivity index (χ4n) is 2.33. The second kappa shape index (κ2) is 7.04. The molecule has 1 aromatic carbocycles. The van der Waals surface area contributed by atoms with Gasteiger partial charge in [-0.25, -0.2) is 0 Å². The molecule has 0 saturated heterocycles. The summed E-state index contributed by atoms with van der Waals surface area (Å²) in [6, 6.07) is 8.24. The number of nitro groups is 1. The fourth-order valence-corrected chi connectivity index (χ4v) is 3.18. The maximum atomic E-state index is 10.9. The summed E-state index contributed by atoms with van der Waals surface area (Å²) in [7, 11) is 2.04. The first-order valence-electron chi connectivity index (χ1n) is 7.18. The van der Waals surface area contributed by atoms with Crippen molar-refractivity contribution in [2.75, 3.05) is 7.05 Å². The number of hydrogen-bond acceptors (Lipinski definition) is 6. The molecule has 3 rings (SSSR count). The molecule has 0 aliphatic carbocycles. The summed E-state index contributed by atoms with van der Waals surface area (Å²) in [4.78, 5) is 11.9. The van der Waals surface area contributed by atoms with E-state index in [0.29, 0.717) is 12.2 Å². The van der Waals surface area contributed by atoms with E-state index in [1.165, 1.54) is 22.6 Å². The molecule has 0 aliphatic heterocycles. The van der Waals surface area contributed by atoms with Crippen LogP contribution in [0.4, 0.5) is 5.69 Å². The van der Waals surface area contributed by atoms with Crippen molar-refractivity contribution in [3.63, 3.8) is 0 Å². The first-order valence-corrected chi connectivity index (χ1v) is 8.53. The summed E-state index contributed by atoms with van der Waals surface area (Å²) in [5.74, 6) is 0.284. The Morgan fingerprint density at radius 2 is 2.29 bits per heavy atom. The molecule has 3 aromatic rings. The van der Waals surface area contributed by atoms with Gasteiger partial charge in [0.15, 0.2) is 6.67 Å². The third kappa shape index (κ3) is 3.75. The van der Waals surface area contributed by atoms with E-state index >= 15 is 0 Å². The van der Waals surface area contributed by atoms with Crippen LogP contribution in [0.3, 0.4) is 0 Å². The van der Waals surface area contributed by atoms with Gasteiger partial charge >= 0.3 is 0 Å². The number of thiophene rings is 1. The SMILES string of the molecule is C[NH+](Cc1ccsc1)Cn1nc(-c2cccc([N+](=O)[O-])c2)oc1=S. The molecule has 0 aliphatic rings. The molecular weight excluding hydrogens is 348 g/mol. The van der Waals surface area contributed by atoms with Gasteiger partial charge in [0.25, 0.3) is 10.5 Å². The number of hydrogen-bond donors (Lipinski definition) is 1. The quantitative estimate of drug-likeness (QED) is 0.414. The van der Waals surface area contributed by atoms with Gasteiger partial charge in [-0.15, -0.1) is 5.10 Å². The molecule has 2 heterocycles. The predicted molar refractivity (Wildman–Crippen MR) is 92.3 cm³/mol. The largest absolute Gasteiger partial charge is 0.409 e. The Labute approximate surface area is 146 Å². The lowest BCUT2D eigenvalue weighted by Crippen LogP contribution is -3.06. The Kier molecular flexibility index (Phi) is 4.84. The van der Waals surface area contributed by atoms with Crippen molar-refractivity contribution < 1.29 is 14.2 Å². The minimum absolute atomic E-state index is 0.0108. The molecule has 9 heteroatoms. The maximum absolute atomic E-state index is 10.9. The van der Waals surface area contributed by atoms with E-state index in [1.807, 2.05) is 12.4 Å². The van der Waals surface area contributed by atoms with Gasteiger partial charge in [-0.3, -0.25) is 10.1 Å². The average molecular weight is 363 g/mol. The van der Waals surface area contributed by atoms with E-state index in [1.54, 1.807) is 28.2 Å². The van der Waals surface area contributed by atoms with Crippen molar-refractivity contribution in [2.45, 2.75) is 13.2 Å². The first kappa shape index (κ1) is 16.5. The molecule has 0 saturated carbocycles. The Balaban J connectivity index is 1.79. The van der Waals surface area contributed by atoms with Crippen LogP contribution in [-0.4, -0.2) is 21.8 Å². The minimum atomic E-state index is -0.451. The zero-order valence-electron chi connectivity index (χ0n) is 12.8. The van der Waals surface area contributed by atoms with Gasteiger partial charge in [-0.2, -0.15) is 16.0 Å². The molecule has 0 amide bonds. The third-order valence-electron chi connectivity index (χ3n) is 3.42. The third-order valence-corrected chi connectivity index (χ3v) is 4.44. The number of aromatic nitrogens is 2. The Morgan fingerprint density at radius 1 is 1.46 bits per heavy atom. The molecule has 7 nitrogen and oxygen atoms in total.